The minimum absolute atomic E-state index is 0.0234. The number of likely N-dealkylation sites (tertiary alicyclic amines) is 1. The van der Waals surface area contributed by atoms with Crippen molar-refractivity contribution in [2.75, 3.05) is 19.6 Å². The largest absolute Gasteiger partial charge is 0.670 e. The van der Waals surface area contributed by atoms with Gasteiger partial charge in [0.25, 0.3) is 0 Å². The molecule has 1 aromatic rings. The van der Waals surface area contributed by atoms with Crippen LogP contribution in [0.2, 0.25) is 6.32 Å². The molecule has 0 aromatic heterocycles. The molecule has 3 aliphatic rings. The zero-order valence-electron chi connectivity index (χ0n) is 15.5. The number of fused-ring (bicyclic) bond motifs is 1. The van der Waals surface area contributed by atoms with Crippen molar-refractivity contribution in [2.24, 2.45) is 0 Å². The Morgan fingerprint density at radius 2 is 2.11 bits per heavy atom. The normalized spacial score (nSPS) is 26.6. The molecule has 28 heavy (non-hydrogen) atoms. The number of hydrogen-bond acceptors (Lipinski definition) is 8. The van der Waals surface area contributed by atoms with Gasteiger partial charge in [0.1, 0.15) is 11.9 Å². The van der Waals surface area contributed by atoms with Crippen molar-refractivity contribution in [1.29, 1.82) is 0 Å². The van der Waals surface area contributed by atoms with Crippen LogP contribution in [-0.4, -0.2) is 75.6 Å². The van der Waals surface area contributed by atoms with Crippen LogP contribution in [0.5, 0.6) is 11.5 Å². The Hall–Kier alpha value is -1.89. The Balaban J connectivity index is 1.44. The minimum Gasteiger partial charge on any atom is -0.670 e. The van der Waals surface area contributed by atoms with Crippen LogP contribution in [-0.2, 0) is 11.2 Å². The summed E-state index contributed by atoms with van der Waals surface area (Å²) in [7, 11) is 0. The summed E-state index contributed by atoms with van der Waals surface area (Å²) < 4.78 is 11.1. The Morgan fingerprint density at radius 3 is 2.75 bits per heavy atom. The number of nitrogens with zero attached hydrogens (tertiary/aromatic N) is 1. The fourth-order valence-corrected chi connectivity index (χ4v) is 3.99. The van der Waals surface area contributed by atoms with Gasteiger partial charge < -0.3 is 40.3 Å². The second kappa shape index (κ2) is 7.18. The van der Waals surface area contributed by atoms with Crippen LogP contribution in [0, 0.1) is 0 Å². The first-order chi connectivity index (χ1) is 13.2. The van der Waals surface area contributed by atoms with Gasteiger partial charge in [-0.25, -0.2) is 0 Å². The van der Waals surface area contributed by atoms with Gasteiger partial charge in [0, 0.05) is 13.0 Å². The highest BCUT2D eigenvalue weighted by Gasteiger charge is 2.40. The maximum atomic E-state index is 12.4. The third-order valence-corrected chi connectivity index (χ3v) is 5.57. The molecule has 8 N–H and O–H groups in total. The second-order valence-electron chi connectivity index (χ2n) is 7.90. The fourth-order valence-electron chi connectivity index (χ4n) is 3.99. The number of benzene rings is 1. The van der Waals surface area contributed by atoms with Crippen molar-refractivity contribution in [3.63, 3.8) is 0 Å². The predicted octanol–water partition coefficient (Wildman–Crippen LogP) is -2.91. The summed E-state index contributed by atoms with van der Waals surface area (Å²) in [5, 5.41) is 42.4. The molecule has 0 aliphatic carbocycles. The van der Waals surface area contributed by atoms with Gasteiger partial charge in [-0.05, 0) is 18.1 Å². The Morgan fingerprint density at radius 1 is 1.36 bits per heavy atom. The van der Waals surface area contributed by atoms with Crippen molar-refractivity contribution in [2.45, 2.75) is 43.6 Å². The van der Waals surface area contributed by atoms with E-state index in [2.05, 4.69) is 11.1 Å². The van der Waals surface area contributed by atoms with E-state index < -0.39 is 13.0 Å². The maximum absolute atomic E-state index is 12.4. The summed E-state index contributed by atoms with van der Waals surface area (Å²) in [5.74, 6) is 0.249. The molecule has 2 saturated heterocycles. The van der Waals surface area contributed by atoms with Gasteiger partial charge in [-0.3, -0.25) is 10.1 Å². The van der Waals surface area contributed by atoms with Crippen molar-refractivity contribution in [1.82, 2.24) is 10.2 Å². The topological polar surface area (TPSA) is 159 Å². The number of rotatable bonds is 4. The number of aliphatic hydroxyl groups is 2. The molecule has 4 rings (SSSR count). The zero-order chi connectivity index (χ0) is 20.1. The van der Waals surface area contributed by atoms with Crippen molar-refractivity contribution >= 4 is 12.7 Å². The molecule has 10 nitrogen and oxygen atoms in total. The van der Waals surface area contributed by atoms with Crippen LogP contribution < -0.4 is 20.4 Å². The lowest BCUT2D eigenvalue weighted by molar-refractivity contribution is -0.413. The standard InChI is InChI=1S/C17H25BN3O7/c19-10-5-12(20-6-10)16(22)21-7-11(8-21)27-13-2-1-9-3-4-18(25,26)28-15(9)14(13)17(23)24/h1-2,10-12,17,20,23-26H,3-8,19H2/q-1/p+1/t10-,12+/m1/s1. The Kier molecular flexibility index (Phi) is 4.98. The maximum Gasteiger partial charge on any atom is 0.430 e. The second-order valence-corrected chi connectivity index (χ2v) is 7.90. The molecular weight excluding hydrogens is 369 g/mol. The third kappa shape index (κ3) is 3.69. The summed E-state index contributed by atoms with van der Waals surface area (Å²) in [6.07, 6.45) is -1.09. The number of hydrogen-bond donors (Lipinski definition) is 6. The Bertz CT molecular complexity index is 769. The van der Waals surface area contributed by atoms with E-state index in [-0.39, 0.29) is 47.5 Å². The highest BCUT2D eigenvalue weighted by atomic mass is 16.6. The SMILES string of the molecule is [NH3+][C@H]1CN[C@H](C(=O)N2CC(Oc3ccc4c(c3C(O)O)O[B-](O)(O)CC4)C2)C1. The molecule has 154 valence electrons. The number of nitrogens with one attached hydrogen (secondary N) is 1. The summed E-state index contributed by atoms with van der Waals surface area (Å²) in [5.41, 5.74) is 4.58. The molecule has 0 bridgehead atoms. The summed E-state index contributed by atoms with van der Waals surface area (Å²) >= 11 is 0. The van der Waals surface area contributed by atoms with Crippen molar-refractivity contribution in [3.8, 4) is 11.5 Å². The zero-order valence-corrected chi connectivity index (χ0v) is 15.5. The molecule has 3 aliphatic heterocycles. The van der Waals surface area contributed by atoms with Crippen LogP contribution in [0.3, 0.4) is 0 Å². The molecular formula is C17H26BN3O7. The number of quaternary nitrogens is 1. The summed E-state index contributed by atoms with van der Waals surface area (Å²) in [4.78, 5) is 14.1. The smallest absolute Gasteiger partial charge is 0.430 e. The van der Waals surface area contributed by atoms with Crippen LogP contribution in [0.1, 0.15) is 23.8 Å². The quantitative estimate of drug-likeness (QED) is 0.234. The number of ether oxygens (including phenoxy) is 1. The summed E-state index contributed by atoms with van der Waals surface area (Å²) in [6, 6.07) is 3.35. The molecule has 11 heteroatoms. The number of amides is 1. The van der Waals surface area contributed by atoms with E-state index in [1.807, 2.05) is 0 Å². The average Bonchev–Trinajstić information content (AvgIpc) is 3.02. The van der Waals surface area contributed by atoms with E-state index >= 15 is 0 Å². The van der Waals surface area contributed by atoms with Gasteiger partial charge in [0.15, 0.2) is 6.29 Å². The van der Waals surface area contributed by atoms with E-state index in [0.717, 1.165) is 13.0 Å². The molecule has 1 amide bonds. The molecule has 0 radical (unpaired) electrons. The lowest BCUT2D eigenvalue weighted by atomic mass is 9.70. The van der Waals surface area contributed by atoms with Crippen LogP contribution in [0.25, 0.3) is 0 Å². The van der Waals surface area contributed by atoms with Crippen molar-refractivity contribution in [3.05, 3.63) is 23.3 Å². The Labute approximate surface area is 161 Å². The van der Waals surface area contributed by atoms with E-state index in [4.69, 9.17) is 9.39 Å². The van der Waals surface area contributed by atoms with Gasteiger partial charge in [-0.15, -0.1) is 0 Å². The molecule has 0 unspecified atom stereocenters. The highest BCUT2D eigenvalue weighted by Crippen LogP contribution is 2.41. The highest BCUT2D eigenvalue weighted by molar-refractivity contribution is 6.58. The molecule has 2 fully saturated rings. The van der Waals surface area contributed by atoms with Crippen LogP contribution >= 0.6 is 0 Å². The number of aliphatic hydroxyl groups excluding tert-OH is 1. The number of aryl methyl sites for hydroxylation is 1. The third-order valence-electron chi connectivity index (χ3n) is 5.57. The van der Waals surface area contributed by atoms with Crippen LogP contribution in [0.15, 0.2) is 12.1 Å². The van der Waals surface area contributed by atoms with E-state index in [1.54, 1.807) is 17.0 Å². The van der Waals surface area contributed by atoms with Crippen LogP contribution in [0.4, 0.5) is 0 Å². The lowest BCUT2D eigenvalue weighted by Crippen LogP contribution is -2.62. The molecule has 3 heterocycles. The minimum atomic E-state index is -3.04. The number of carbonyl (C=O) groups is 1. The predicted molar refractivity (Wildman–Crippen MR) is 97.0 cm³/mol. The molecule has 0 spiro atoms. The van der Waals surface area contributed by atoms with Gasteiger partial charge in [0.2, 0.25) is 5.91 Å². The molecule has 1 aromatic carbocycles. The van der Waals surface area contributed by atoms with Crippen molar-refractivity contribution < 1.29 is 40.2 Å². The number of carbonyl (C=O) groups excluding carboxylic acids is 1. The lowest BCUT2D eigenvalue weighted by Gasteiger charge is -2.41. The van der Waals surface area contributed by atoms with Gasteiger partial charge in [-0.1, -0.05) is 12.4 Å². The van der Waals surface area contributed by atoms with Gasteiger partial charge >= 0.3 is 6.75 Å². The average molecular weight is 395 g/mol. The first-order valence-corrected chi connectivity index (χ1v) is 9.56. The van der Waals surface area contributed by atoms with E-state index in [0.29, 0.717) is 25.1 Å². The fraction of sp³-hybridized carbons (Fsp3) is 0.588. The molecule has 2 atom stereocenters. The summed E-state index contributed by atoms with van der Waals surface area (Å²) in [6.45, 7) is -1.52. The van der Waals surface area contributed by atoms with E-state index in [9.17, 15) is 25.1 Å². The van der Waals surface area contributed by atoms with Gasteiger partial charge in [0.05, 0.1) is 36.5 Å². The monoisotopic (exact) mass is 395 g/mol. The first-order valence-electron chi connectivity index (χ1n) is 9.56. The first kappa shape index (κ1) is 19.4. The van der Waals surface area contributed by atoms with Gasteiger partial charge in [-0.2, -0.15) is 0 Å². The molecule has 0 saturated carbocycles. The van der Waals surface area contributed by atoms with E-state index in [1.165, 1.54) is 0 Å².